The minimum absolute atomic E-state index is 0.638. The van der Waals surface area contributed by atoms with Gasteiger partial charge in [-0.1, -0.05) is 18.2 Å². The summed E-state index contributed by atoms with van der Waals surface area (Å²) in [5.74, 6) is 2.77. The molecule has 0 atom stereocenters. The van der Waals surface area contributed by atoms with Crippen LogP contribution in [0.4, 0.5) is 5.95 Å². The number of rotatable bonds is 5. The molecule has 2 aliphatic rings. The zero-order valence-electron chi connectivity index (χ0n) is 11.9. The molecule has 3 heteroatoms. The average molecular weight is 267 g/mol. The van der Waals surface area contributed by atoms with Gasteiger partial charge < -0.3 is 5.32 Å². The summed E-state index contributed by atoms with van der Waals surface area (Å²) < 4.78 is 2.19. The summed E-state index contributed by atoms with van der Waals surface area (Å²) in [6.45, 7) is 2.06. The third kappa shape index (κ3) is 2.33. The summed E-state index contributed by atoms with van der Waals surface area (Å²) in [5, 5.41) is 3.74. The van der Waals surface area contributed by atoms with Crippen LogP contribution in [0, 0.1) is 18.8 Å². The summed E-state index contributed by atoms with van der Waals surface area (Å²) in [4.78, 5) is 4.70. The van der Waals surface area contributed by atoms with Crippen LogP contribution >= 0.6 is 0 Å². The summed E-state index contributed by atoms with van der Waals surface area (Å²) in [5.41, 5.74) is 2.25. The lowest BCUT2D eigenvalue weighted by molar-refractivity contribution is 0.562. The van der Waals surface area contributed by atoms with E-state index in [2.05, 4.69) is 53.3 Å². The lowest BCUT2D eigenvalue weighted by Crippen LogP contribution is -2.26. The number of para-hydroxylation sites is 1. The van der Waals surface area contributed by atoms with Crippen LogP contribution in [0.1, 0.15) is 31.4 Å². The maximum atomic E-state index is 4.70. The molecule has 0 aliphatic heterocycles. The highest BCUT2D eigenvalue weighted by atomic mass is 15.2. The smallest absolute Gasteiger partial charge is 0.207 e. The van der Waals surface area contributed by atoms with Crippen LogP contribution in [-0.4, -0.2) is 15.6 Å². The van der Waals surface area contributed by atoms with E-state index in [-0.39, 0.29) is 0 Å². The third-order valence-electron chi connectivity index (χ3n) is 4.42. The van der Waals surface area contributed by atoms with Gasteiger partial charge in [-0.15, -0.1) is 0 Å². The Morgan fingerprint density at radius 3 is 2.35 bits per heavy atom. The largest absolute Gasteiger partial charge is 0.352 e. The fourth-order valence-corrected chi connectivity index (χ4v) is 3.07. The topological polar surface area (TPSA) is 29.9 Å². The second-order valence-electron chi connectivity index (χ2n) is 6.26. The molecular formula is C17H21N3. The lowest BCUT2D eigenvalue weighted by atomic mass is 10.1. The van der Waals surface area contributed by atoms with E-state index in [9.17, 15) is 0 Å². The van der Waals surface area contributed by atoms with Gasteiger partial charge in [0, 0.05) is 17.9 Å². The Bertz CT molecular complexity index is 582. The molecule has 1 aromatic carbocycles. The highest BCUT2D eigenvalue weighted by molar-refractivity contribution is 5.44. The number of benzene rings is 1. The van der Waals surface area contributed by atoms with Gasteiger partial charge in [-0.2, -0.15) is 0 Å². The number of nitrogens with zero attached hydrogens (tertiary/aromatic N) is 2. The minimum atomic E-state index is 0.638. The van der Waals surface area contributed by atoms with Gasteiger partial charge in [0.1, 0.15) is 0 Å². The number of aryl methyl sites for hydroxylation is 1. The van der Waals surface area contributed by atoms with Gasteiger partial charge in [-0.05, 0) is 56.6 Å². The molecule has 2 fully saturated rings. The molecule has 1 aromatic heterocycles. The highest BCUT2D eigenvalue weighted by Gasteiger charge is 2.42. The van der Waals surface area contributed by atoms with Crippen molar-refractivity contribution in [3.05, 3.63) is 42.2 Å². The van der Waals surface area contributed by atoms with Crippen molar-refractivity contribution in [1.29, 1.82) is 0 Å². The third-order valence-corrected chi connectivity index (χ3v) is 4.42. The Morgan fingerprint density at radius 1 is 1.10 bits per heavy atom. The predicted molar refractivity (Wildman–Crippen MR) is 81.2 cm³/mol. The normalized spacial score (nSPS) is 18.5. The summed E-state index contributed by atoms with van der Waals surface area (Å²) in [6, 6.07) is 11.1. The number of anilines is 1. The molecule has 4 rings (SSSR count). The fraction of sp³-hybridized carbons (Fsp3) is 0.471. The van der Waals surface area contributed by atoms with E-state index in [1.54, 1.807) is 0 Å². The van der Waals surface area contributed by atoms with Gasteiger partial charge >= 0.3 is 0 Å². The molecule has 2 aromatic rings. The van der Waals surface area contributed by atoms with E-state index in [1.807, 2.05) is 0 Å². The molecule has 104 valence electrons. The molecule has 0 saturated heterocycles. The van der Waals surface area contributed by atoms with Crippen LogP contribution in [-0.2, 0) is 0 Å². The maximum absolute atomic E-state index is 4.70. The Balaban J connectivity index is 1.64. The van der Waals surface area contributed by atoms with E-state index in [1.165, 1.54) is 31.4 Å². The van der Waals surface area contributed by atoms with Gasteiger partial charge in [-0.25, -0.2) is 4.98 Å². The van der Waals surface area contributed by atoms with E-state index in [0.717, 1.165) is 23.5 Å². The molecule has 0 spiro atoms. The van der Waals surface area contributed by atoms with Gasteiger partial charge in [0.2, 0.25) is 5.95 Å². The minimum Gasteiger partial charge on any atom is -0.352 e. The molecule has 2 saturated carbocycles. The predicted octanol–water partition coefficient (Wildman–Crippen LogP) is 3.78. The van der Waals surface area contributed by atoms with Crippen molar-refractivity contribution in [3.63, 3.8) is 0 Å². The van der Waals surface area contributed by atoms with Crippen LogP contribution in [0.2, 0.25) is 0 Å². The van der Waals surface area contributed by atoms with Crippen molar-refractivity contribution < 1.29 is 0 Å². The maximum Gasteiger partial charge on any atom is 0.207 e. The van der Waals surface area contributed by atoms with Crippen molar-refractivity contribution in [2.75, 3.05) is 5.32 Å². The highest BCUT2D eigenvalue weighted by Crippen LogP contribution is 2.45. The van der Waals surface area contributed by atoms with Crippen molar-refractivity contribution >= 4 is 5.95 Å². The molecular weight excluding hydrogens is 246 g/mol. The molecule has 3 nitrogen and oxygen atoms in total. The first-order valence-electron chi connectivity index (χ1n) is 7.69. The van der Waals surface area contributed by atoms with Crippen LogP contribution in [0.25, 0.3) is 5.69 Å². The average Bonchev–Trinajstić information content (AvgIpc) is 3.36. The van der Waals surface area contributed by atoms with Crippen molar-refractivity contribution in [2.24, 2.45) is 11.8 Å². The van der Waals surface area contributed by atoms with Crippen LogP contribution in [0.5, 0.6) is 0 Å². The Labute approximate surface area is 120 Å². The van der Waals surface area contributed by atoms with Crippen molar-refractivity contribution in [3.8, 4) is 5.69 Å². The summed E-state index contributed by atoms with van der Waals surface area (Å²) in [6.07, 6.45) is 7.67. The lowest BCUT2D eigenvalue weighted by Gasteiger charge is -2.19. The van der Waals surface area contributed by atoms with Crippen LogP contribution in [0.15, 0.2) is 36.5 Å². The van der Waals surface area contributed by atoms with E-state index in [0.29, 0.717) is 6.04 Å². The zero-order chi connectivity index (χ0) is 13.5. The Morgan fingerprint density at radius 2 is 1.75 bits per heavy atom. The molecule has 0 unspecified atom stereocenters. The Hall–Kier alpha value is -1.77. The second-order valence-corrected chi connectivity index (χ2v) is 6.26. The van der Waals surface area contributed by atoms with E-state index in [4.69, 9.17) is 4.98 Å². The molecule has 2 aliphatic carbocycles. The number of imidazole rings is 1. The Kier molecular flexibility index (Phi) is 2.79. The molecule has 0 bridgehead atoms. The monoisotopic (exact) mass is 267 g/mol. The first-order chi connectivity index (χ1) is 9.81. The van der Waals surface area contributed by atoms with Crippen molar-refractivity contribution in [1.82, 2.24) is 9.55 Å². The van der Waals surface area contributed by atoms with Crippen LogP contribution < -0.4 is 5.32 Å². The van der Waals surface area contributed by atoms with Crippen LogP contribution in [0.3, 0.4) is 0 Å². The summed E-state index contributed by atoms with van der Waals surface area (Å²) >= 11 is 0. The first-order valence-corrected chi connectivity index (χ1v) is 7.69. The number of hydrogen-bond donors (Lipinski definition) is 1. The quantitative estimate of drug-likeness (QED) is 0.893. The molecule has 1 N–H and O–H groups in total. The van der Waals surface area contributed by atoms with Gasteiger partial charge in [0.25, 0.3) is 0 Å². The standard InChI is InChI=1S/C17H21N3/c1-12-11-20(15-5-3-2-4-6-15)17(18-12)19-16(13-7-8-13)14-9-10-14/h2-6,11,13-14,16H,7-10H2,1H3,(H,18,19). The second kappa shape index (κ2) is 4.65. The van der Waals surface area contributed by atoms with Gasteiger partial charge in [-0.3, -0.25) is 4.57 Å². The van der Waals surface area contributed by atoms with Gasteiger partial charge in [0.15, 0.2) is 0 Å². The SMILES string of the molecule is Cc1cn(-c2ccccc2)c(NC(C2CC2)C2CC2)n1. The molecule has 0 amide bonds. The zero-order valence-corrected chi connectivity index (χ0v) is 11.9. The molecule has 1 heterocycles. The van der Waals surface area contributed by atoms with E-state index >= 15 is 0 Å². The molecule has 0 radical (unpaired) electrons. The van der Waals surface area contributed by atoms with Gasteiger partial charge in [0.05, 0.1) is 5.69 Å². The fourth-order valence-electron chi connectivity index (χ4n) is 3.07. The van der Waals surface area contributed by atoms with E-state index < -0.39 is 0 Å². The molecule has 20 heavy (non-hydrogen) atoms. The summed E-state index contributed by atoms with van der Waals surface area (Å²) in [7, 11) is 0. The first kappa shape index (κ1) is 12.0. The number of aromatic nitrogens is 2. The van der Waals surface area contributed by atoms with Crippen molar-refractivity contribution in [2.45, 2.75) is 38.6 Å². The number of nitrogens with one attached hydrogen (secondary N) is 1. The number of hydrogen-bond acceptors (Lipinski definition) is 2.